The van der Waals surface area contributed by atoms with Gasteiger partial charge in [-0.3, -0.25) is 0 Å². The molecule has 0 fully saturated rings. The lowest BCUT2D eigenvalue weighted by Gasteiger charge is -2.11. The number of rotatable bonds is 4. The van der Waals surface area contributed by atoms with Crippen LogP contribution in [0.3, 0.4) is 0 Å². The van der Waals surface area contributed by atoms with Gasteiger partial charge in [0.15, 0.2) is 0 Å². The topological polar surface area (TPSA) is 48.3 Å². The summed E-state index contributed by atoms with van der Waals surface area (Å²) >= 11 is 0. The second-order valence-electron chi connectivity index (χ2n) is 6.86. The number of anilines is 1. The van der Waals surface area contributed by atoms with Gasteiger partial charge in [0.25, 0.3) is 0 Å². The van der Waals surface area contributed by atoms with Crippen LogP contribution in [0.4, 0.5) is 5.82 Å². The number of hydrogen-bond acceptors (Lipinski definition) is 4. The molecule has 140 valence electrons. The molecule has 1 aromatic heterocycles. The Hall–Kier alpha value is -2.95. The van der Waals surface area contributed by atoms with E-state index in [0.717, 1.165) is 60.1 Å². The first-order chi connectivity index (χ1) is 13.2. The standard InChI is InChI=1S/C22H25N3O2/c1-15-8-4-5-10-20(15)25-22-19(9-6-7-11-23-22)21(24-25)16-12-17(26-2)14-18(13-16)27-3/h4-5,8,10,12-14,23H,6-7,9,11H2,1-3H3. The second kappa shape index (κ2) is 7.35. The summed E-state index contributed by atoms with van der Waals surface area (Å²) in [6, 6.07) is 14.3. The van der Waals surface area contributed by atoms with Crippen molar-refractivity contribution in [3.8, 4) is 28.4 Å². The van der Waals surface area contributed by atoms with Crippen molar-refractivity contribution in [2.24, 2.45) is 0 Å². The van der Waals surface area contributed by atoms with Crippen LogP contribution in [0.1, 0.15) is 24.0 Å². The van der Waals surface area contributed by atoms with Gasteiger partial charge in [-0.25, -0.2) is 4.68 Å². The molecule has 4 rings (SSSR count). The average molecular weight is 363 g/mol. The van der Waals surface area contributed by atoms with E-state index >= 15 is 0 Å². The minimum atomic E-state index is 0.769. The van der Waals surface area contributed by atoms with Crippen LogP contribution >= 0.6 is 0 Å². The summed E-state index contributed by atoms with van der Waals surface area (Å²) in [7, 11) is 3.35. The van der Waals surface area contributed by atoms with Gasteiger partial charge in [-0.15, -0.1) is 0 Å². The fourth-order valence-electron chi connectivity index (χ4n) is 3.65. The molecule has 2 aromatic carbocycles. The highest BCUT2D eigenvalue weighted by Gasteiger charge is 2.23. The largest absolute Gasteiger partial charge is 0.497 e. The molecule has 3 aromatic rings. The second-order valence-corrected chi connectivity index (χ2v) is 6.86. The van der Waals surface area contributed by atoms with Crippen molar-refractivity contribution in [3.63, 3.8) is 0 Å². The van der Waals surface area contributed by atoms with E-state index in [4.69, 9.17) is 14.6 Å². The molecule has 0 saturated carbocycles. The summed E-state index contributed by atoms with van der Waals surface area (Å²) < 4.78 is 13.0. The van der Waals surface area contributed by atoms with Crippen molar-refractivity contribution in [1.29, 1.82) is 0 Å². The molecule has 1 aliphatic heterocycles. The predicted octanol–water partition coefficient (Wildman–Crippen LogP) is 4.61. The third kappa shape index (κ3) is 3.25. The summed E-state index contributed by atoms with van der Waals surface area (Å²) in [5.74, 6) is 2.63. The molecule has 0 radical (unpaired) electrons. The lowest BCUT2D eigenvalue weighted by molar-refractivity contribution is 0.394. The summed E-state index contributed by atoms with van der Waals surface area (Å²) in [6.07, 6.45) is 3.31. The molecule has 0 atom stereocenters. The molecule has 0 amide bonds. The maximum absolute atomic E-state index is 5.47. The van der Waals surface area contributed by atoms with Crippen LogP contribution in [0.2, 0.25) is 0 Å². The molecule has 0 saturated heterocycles. The number of aryl methyl sites for hydroxylation is 1. The van der Waals surface area contributed by atoms with Crippen molar-refractivity contribution in [1.82, 2.24) is 9.78 Å². The van der Waals surface area contributed by atoms with Gasteiger partial charge in [0.2, 0.25) is 0 Å². The molecule has 2 heterocycles. The van der Waals surface area contributed by atoms with Gasteiger partial charge in [0.05, 0.1) is 25.6 Å². The number of aromatic nitrogens is 2. The van der Waals surface area contributed by atoms with Crippen molar-refractivity contribution >= 4 is 5.82 Å². The summed E-state index contributed by atoms with van der Waals surface area (Å²) in [5, 5.41) is 8.63. The number of nitrogens with zero attached hydrogens (tertiary/aromatic N) is 2. The molecular formula is C22H25N3O2. The quantitative estimate of drug-likeness (QED) is 0.735. The average Bonchev–Trinajstić information content (AvgIpc) is 2.88. The number of nitrogens with one attached hydrogen (secondary N) is 1. The van der Waals surface area contributed by atoms with Crippen molar-refractivity contribution in [3.05, 3.63) is 53.6 Å². The predicted molar refractivity (Wildman–Crippen MR) is 108 cm³/mol. The third-order valence-corrected chi connectivity index (χ3v) is 5.10. The maximum Gasteiger partial charge on any atom is 0.133 e. The maximum atomic E-state index is 5.47. The van der Waals surface area contributed by atoms with E-state index in [9.17, 15) is 0 Å². The zero-order valence-electron chi connectivity index (χ0n) is 16.1. The molecule has 0 unspecified atom stereocenters. The first kappa shape index (κ1) is 17.5. The smallest absolute Gasteiger partial charge is 0.133 e. The minimum absolute atomic E-state index is 0.769. The highest BCUT2D eigenvalue weighted by molar-refractivity contribution is 5.73. The number of benzene rings is 2. The van der Waals surface area contributed by atoms with Gasteiger partial charge in [0, 0.05) is 23.7 Å². The van der Waals surface area contributed by atoms with Crippen LogP contribution in [0.15, 0.2) is 42.5 Å². The van der Waals surface area contributed by atoms with E-state index in [1.54, 1.807) is 14.2 Å². The highest BCUT2D eigenvalue weighted by atomic mass is 16.5. The Bertz CT molecular complexity index is 940. The summed E-state index contributed by atoms with van der Waals surface area (Å²) in [5.41, 5.74) is 5.55. The molecule has 0 aliphatic carbocycles. The lowest BCUT2D eigenvalue weighted by Crippen LogP contribution is -2.08. The number of methoxy groups -OCH3 is 2. The molecule has 1 N–H and O–H groups in total. The Morgan fingerprint density at radius 3 is 2.44 bits per heavy atom. The molecule has 0 bridgehead atoms. The highest BCUT2D eigenvalue weighted by Crippen LogP contribution is 2.37. The van der Waals surface area contributed by atoms with Crippen molar-refractivity contribution in [2.45, 2.75) is 26.2 Å². The van der Waals surface area contributed by atoms with Gasteiger partial charge in [0.1, 0.15) is 17.3 Å². The molecule has 5 nitrogen and oxygen atoms in total. The van der Waals surface area contributed by atoms with Crippen LogP contribution in [-0.4, -0.2) is 30.5 Å². The van der Waals surface area contributed by atoms with Crippen LogP contribution in [0.5, 0.6) is 11.5 Å². The minimum Gasteiger partial charge on any atom is -0.497 e. The molecule has 27 heavy (non-hydrogen) atoms. The Kier molecular flexibility index (Phi) is 4.75. The van der Waals surface area contributed by atoms with Gasteiger partial charge >= 0.3 is 0 Å². The monoisotopic (exact) mass is 363 g/mol. The van der Waals surface area contributed by atoms with E-state index in [2.05, 4.69) is 41.2 Å². The molecule has 5 heteroatoms. The van der Waals surface area contributed by atoms with Crippen LogP contribution in [-0.2, 0) is 6.42 Å². The van der Waals surface area contributed by atoms with Crippen LogP contribution in [0.25, 0.3) is 16.9 Å². The Morgan fingerprint density at radius 1 is 1.00 bits per heavy atom. The van der Waals surface area contributed by atoms with E-state index in [0.29, 0.717) is 0 Å². The molecule has 0 spiro atoms. The van der Waals surface area contributed by atoms with Crippen molar-refractivity contribution < 1.29 is 9.47 Å². The fourth-order valence-corrected chi connectivity index (χ4v) is 3.65. The zero-order valence-corrected chi connectivity index (χ0v) is 16.1. The summed E-state index contributed by atoms with van der Waals surface area (Å²) in [6.45, 7) is 3.08. The van der Waals surface area contributed by atoms with E-state index in [1.165, 1.54) is 11.1 Å². The fraction of sp³-hybridized carbons (Fsp3) is 0.318. The van der Waals surface area contributed by atoms with E-state index in [1.807, 2.05) is 18.2 Å². The van der Waals surface area contributed by atoms with Crippen molar-refractivity contribution in [2.75, 3.05) is 26.1 Å². The number of fused-ring (bicyclic) bond motifs is 1. The van der Waals surface area contributed by atoms with Gasteiger partial charge in [-0.1, -0.05) is 18.2 Å². The first-order valence-corrected chi connectivity index (χ1v) is 9.36. The number of para-hydroxylation sites is 1. The lowest BCUT2D eigenvalue weighted by atomic mass is 10.0. The first-order valence-electron chi connectivity index (χ1n) is 9.36. The third-order valence-electron chi connectivity index (χ3n) is 5.10. The number of ether oxygens (including phenoxy) is 2. The SMILES string of the molecule is COc1cc(OC)cc(-c2nn(-c3ccccc3C)c3c2CCCCN3)c1. The normalized spacial score (nSPS) is 13.4. The van der Waals surface area contributed by atoms with Gasteiger partial charge in [-0.2, -0.15) is 5.10 Å². The van der Waals surface area contributed by atoms with E-state index in [-0.39, 0.29) is 0 Å². The van der Waals surface area contributed by atoms with Crippen LogP contribution < -0.4 is 14.8 Å². The van der Waals surface area contributed by atoms with E-state index < -0.39 is 0 Å². The molecular weight excluding hydrogens is 338 g/mol. The zero-order chi connectivity index (χ0) is 18.8. The number of hydrogen-bond donors (Lipinski definition) is 1. The van der Waals surface area contributed by atoms with Gasteiger partial charge < -0.3 is 14.8 Å². The Labute approximate surface area is 159 Å². The molecule has 1 aliphatic rings. The Morgan fingerprint density at radius 2 is 1.74 bits per heavy atom. The summed E-state index contributed by atoms with van der Waals surface area (Å²) in [4.78, 5) is 0. The van der Waals surface area contributed by atoms with Crippen LogP contribution in [0, 0.1) is 6.92 Å². The Balaban J connectivity index is 1.93. The van der Waals surface area contributed by atoms with Gasteiger partial charge in [-0.05, 0) is 49.9 Å².